The highest BCUT2D eigenvalue weighted by molar-refractivity contribution is 5.11. The number of nitrogens with zero attached hydrogens (tertiary/aromatic N) is 2. The van der Waals surface area contributed by atoms with Crippen LogP contribution in [0, 0.1) is 0 Å². The highest BCUT2D eigenvalue weighted by atomic mass is 16.5. The van der Waals surface area contributed by atoms with Gasteiger partial charge in [0.25, 0.3) is 6.01 Å². The van der Waals surface area contributed by atoms with Gasteiger partial charge in [-0.25, -0.2) is 4.98 Å². The van der Waals surface area contributed by atoms with Gasteiger partial charge in [0.05, 0.1) is 25.5 Å². The van der Waals surface area contributed by atoms with Crippen LogP contribution in [0.1, 0.15) is 12.2 Å². The second-order valence-corrected chi connectivity index (χ2v) is 3.94. The summed E-state index contributed by atoms with van der Waals surface area (Å²) in [6.07, 6.45) is 3.28. The number of aromatic nitrogens is 1. The van der Waals surface area contributed by atoms with E-state index < -0.39 is 0 Å². The predicted octanol–water partition coefficient (Wildman–Crippen LogP) is 0.230. The Morgan fingerprint density at radius 2 is 2.57 bits per heavy atom. The number of rotatable bonds is 2. The van der Waals surface area contributed by atoms with Gasteiger partial charge in [0.15, 0.2) is 0 Å². The second-order valence-electron chi connectivity index (χ2n) is 3.94. The zero-order chi connectivity index (χ0) is 9.54. The first-order valence-electron chi connectivity index (χ1n) is 4.87. The second kappa shape index (κ2) is 2.96. The quantitative estimate of drug-likeness (QED) is 0.731. The molecule has 3 heterocycles. The van der Waals surface area contributed by atoms with Crippen LogP contribution < -0.4 is 5.73 Å². The largest absolute Gasteiger partial charge is 0.428 e. The molecule has 2 unspecified atom stereocenters. The lowest BCUT2D eigenvalue weighted by atomic mass is 10.2. The van der Waals surface area contributed by atoms with E-state index >= 15 is 0 Å². The number of nitrogens with two attached hydrogens (primary N) is 1. The summed E-state index contributed by atoms with van der Waals surface area (Å²) in [5, 5.41) is 0. The SMILES string of the molecule is Nc1ncc(CN2CC3CC2CO3)o1. The summed E-state index contributed by atoms with van der Waals surface area (Å²) < 4.78 is 10.7. The zero-order valence-corrected chi connectivity index (χ0v) is 7.85. The average molecular weight is 195 g/mol. The van der Waals surface area contributed by atoms with Crippen LogP contribution in [0.4, 0.5) is 6.01 Å². The molecule has 0 spiro atoms. The average Bonchev–Trinajstić information content (AvgIpc) is 2.82. The molecular weight excluding hydrogens is 182 g/mol. The van der Waals surface area contributed by atoms with E-state index in [2.05, 4.69) is 9.88 Å². The minimum Gasteiger partial charge on any atom is -0.428 e. The van der Waals surface area contributed by atoms with Gasteiger partial charge in [-0.2, -0.15) is 0 Å². The van der Waals surface area contributed by atoms with E-state index in [-0.39, 0.29) is 6.01 Å². The van der Waals surface area contributed by atoms with Crippen LogP contribution in [0.15, 0.2) is 10.6 Å². The maximum absolute atomic E-state index is 5.51. The van der Waals surface area contributed by atoms with Crippen molar-refractivity contribution >= 4 is 6.01 Å². The van der Waals surface area contributed by atoms with Crippen molar-refractivity contribution in [1.29, 1.82) is 0 Å². The molecule has 14 heavy (non-hydrogen) atoms. The smallest absolute Gasteiger partial charge is 0.292 e. The lowest BCUT2D eigenvalue weighted by Gasteiger charge is -2.25. The number of morpholine rings is 1. The molecule has 1 aromatic heterocycles. The number of hydrogen-bond acceptors (Lipinski definition) is 5. The van der Waals surface area contributed by atoms with Gasteiger partial charge in [-0.05, 0) is 6.42 Å². The van der Waals surface area contributed by atoms with Gasteiger partial charge in [0.2, 0.25) is 0 Å². The third kappa shape index (κ3) is 1.29. The van der Waals surface area contributed by atoms with E-state index in [1.165, 1.54) is 0 Å². The molecule has 76 valence electrons. The first kappa shape index (κ1) is 8.26. The molecule has 1 aromatic rings. The van der Waals surface area contributed by atoms with E-state index in [4.69, 9.17) is 14.9 Å². The van der Waals surface area contributed by atoms with E-state index in [0.717, 1.165) is 31.9 Å². The maximum Gasteiger partial charge on any atom is 0.292 e. The molecular formula is C9H13N3O2. The molecule has 2 N–H and O–H groups in total. The number of oxazole rings is 1. The van der Waals surface area contributed by atoms with Gasteiger partial charge < -0.3 is 14.9 Å². The van der Waals surface area contributed by atoms with Crippen LogP contribution in [0.25, 0.3) is 0 Å². The molecule has 2 aliphatic heterocycles. The van der Waals surface area contributed by atoms with Crippen LogP contribution in [-0.4, -0.2) is 35.2 Å². The summed E-state index contributed by atoms with van der Waals surface area (Å²) in [5.74, 6) is 0.843. The van der Waals surface area contributed by atoms with Crippen molar-refractivity contribution in [3.05, 3.63) is 12.0 Å². The monoisotopic (exact) mass is 195 g/mol. The van der Waals surface area contributed by atoms with Crippen molar-refractivity contribution < 1.29 is 9.15 Å². The molecule has 2 saturated heterocycles. The highest BCUT2D eigenvalue weighted by Gasteiger charge is 2.39. The molecule has 2 fully saturated rings. The fourth-order valence-electron chi connectivity index (χ4n) is 2.27. The molecule has 0 amide bonds. The molecule has 2 bridgehead atoms. The minimum atomic E-state index is 0.251. The number of ether oxygens (including phenoxy) is 1. The Morgan fingerprint density at radius 3 is 3.14 bits per heavy atom. The van der Waals surface area contributed by atoms with Gasteiger partial charge in [0.1, 0.15) is 5.76 Å². The maximum atomic E-state index is 5.51. The summed E-state index contributed by atoms with van der Waals surface area (Å²) >= 11 is 0. The molecule has 2 aliphatic rings. The lowest BCUT2D eigenvalue weighted by Crippen LogP contribution is -2.36. The Kier molecular flexibility index (Phi) is 1.75. The van der Waals surface area contributed by atoms with Crippen LogP contribution in [-0.2, 0) is 11.3 Å². The van der Waals surface area contributed by atoms with Crippen LogP contribution >= 0.6 is 0 Å². The molecule has 3 rings (SSSR count). The summed E-state index contributed by atoms with van der Waals surface area (Å²) in [7, 11) is 0. The first-order chi connectivity index (χ1) is 6.81. The summed E-state index contributed by atoms with van der Waals surface area (Å²) in [5.41, 5.74) is 5.41. The van der Waals surface area contributed by atoms with Gasteiger partial charge >= 0.3 is 0 Å². The summed E-state index contributed by atoms with van der Waals surface area (Å²) in [6.45, 7) is 2.66. The van der Waals surface area contributed by atoms with Crippen LogP contribution in [0.3, 0.4) is 0 Å². The van der Waals surface area contributed by atoms with Crippen molar-refractivity contribution in [2.75, 3.05) is 18.9 Å². The third-order valence-corrected chi connectivity index (χ3v) is 2.94. The van der Waals surface area contributed by atoms with Crippen LogP contribution in [0.2, 0.25) is 0 Å². The van der Waals surface area contributed by atoms with E-state index in [1.54, 1.807) is 6.20 Å². The Bertz CT molecular complexity index is 339. The third-order valence-electron chi connectivity index (χ3n) is 2.94. The Labute approximate surface area is 81.8 Å². The molecule has 0 saturated carbocycles. The molecule has 5 nitrogen and oxygen atoms in total. The Balaban J connectivity index is 1.68. The molecule has 5 heteroatoms. The number of nitrogen functional groups attached to an aromatic ring is 1. The summed E-state index contributed by atoms with van der Waals surface area (Å²) in [4.78, 5) is 6.24. The highest BCUT2D eigenvalue weighted by Crippen LogP contribution is 2.29. The normalized spacial score (nSPS) is 31.4. The fourth-order valence-corrected chi connectivity index (χ4v) is 2.27. The van der Waals surface area contributed by atoms with Gasteiger partial charge in [0, 0.05) is 12.6 Å². The number of anilines is 1. The van der Waals surface area contributed by atoms with Gasteiger partial charge in [-0.3, -0.25) is 4.90 Å². The van der Waals surface area contributed by atoms with Gasteiger partial charge in [-0.1, -0.05) is 0 Å². The first-order valence-corrected chi connectivity index (χ1v) is 4.87. The fraction of sp³-hybridized carbons (Fsp3) is 0.667. The lowest BCUT2D eigenvalue weighted by molar-refractivity contribution is 0.0249. The van der Waals surface area contributed by atoms with Crippen molar-refractivity contribution in [1.82, 2.24) is 9.88 Å². The summed E-state index contributed by atoms with van der Waals surface area (Å²) in [6, 6.07) is 0.812. The molecule has 0 aromatic carbocycles. The van der Waals surface area contributed by atoms with Gasteiger partial charge in [-0.15, -0.1) is 0 Å². The standard InChI is InChI=1S/C9H13N3O2/c10-9-11-2-8(14-9)4-12-3-7-1-6(12)5-13-7/h2,6-7H,1,3-5H2,(H2,10,11). The molecule has 0 aliphatic carbocycles. The number of fused-ring (bicyclic) bond motifs is 2. The van der Waals surface area contributed by atoms with E-state index in [0.29, 0.717) is 12.1 Å². The van der Waals surface area contributed by atoms with Crippen molar-refractivity contribution in [3.63, 3.8) is 0 Å². The number of hydrogen-bond donors (Lipinski definition) is 1. The Hall–Kier alpha value is -1.07. The predicted molar refractivity (Wildman–Crippen MR) is 49.5 cm³/mol. The Morgan fingerprint density at radius 1 is 1.64 bits per heavy atom. The molecule has 0 radical (unpaired) electrons. The zero-order valence-electron chi connectivity index (χ0n) is 7.85. The molecule has 2 atom stereocenters. The minimum absolute atomic E-state index is 0.251. The van der Waals surface area contributed by atoms with E-state index in [1.807, 2.05) is 0 Å². The van der Waals surface area contributed by atoms with Crippen molar-refractivity contribution in [3.8, 4) is 0 Å². The van der Waals surface area contributed by atoms with E-state index in [9.17, 15) is 0 Å². The number of likely N-dealkylation sites (tertiary alicyclic amines) is 1. The van der Waals surface area contributed by atoms with Crippen molar-refractivity contribution in [2.24, 2.45) is 0 Å². The topological polar surface area (TPSA) is 64.5 Å². The van der Waals surface area contributed by atoms with Crippen molar-refractivity contribution in [2.45, 2.75) is 25.1 Å². The van der Waals surface area contributed by atoms with Crippen LogP contribution in [0.5, 0.6) is 0 Å².